The largest absolute Gasteiger partial charge is 0.381 e. The summed E-state index contributed by atoms with van der Waals surface area (Å²) in [6.07, 6.45) is 1.89. The Balaban J connectivity index is 1.71. The molecule has 1 saturated heterocycles. The lowest BCUT2D eigenvalue weighted by Crippen LogP contribution is -2.27. The van der Waals surface area contributed by atoms with Gasteiger partial charge in [0.25, 0.3) is 0 Å². The number of anilines is 1. The summed E-state index contributed by atoms with van der Waals surface area (Å²) in [4.78, 5) is 13.5. The molecule has 1 aliphatic heterocycles. The number of rotatable bonds is 5. The van der Waals surface area contributed by atoms with Gasteiger partial charge in [0.1, 0.15) is 0 Å². The lowest BCUT2D eigenvalue weighted by molar-refractivity contribution is 0.215. The van der Waals surface area contributed by atoms with Crippen LogP contribution in [0.1, 0.15) is 16.8 Å². The third-order valence-electron chi connectivity index (χ3n) is 4.13. The fourth-order valence-corrected chi connectivity index (χ4v) is 2.61. The molecular formula is C16H21N5O. The van der Waals surface area contributed by atoms with Crippen LogP contribution < -0.4 is 10.6 Å². The molecule has 1 fully saturated rings. The number of benzene rings is 1. The van der Waals surface area contributed by atoms with Gasteiger partial charge in [0.15, 0.2) is 0 Å². The summed E-state index contributed by atoms with van der Waals surface area (Å²) in [5.41, 5.74) is 4.52. The second kappa shape index (κ2) is 6.09. The van der Waals surface area contributed by atoms with E-state index in [4.69, 9.17) is 0 Å². The van der Waals surface area contributed by atoms with Crippen LogP contribution in [0.5, 0.6) is 0 Å². The van der Waals surface area contributed by atoms with Gasteiger partial charge < -0.3 is 15.5 Å². The van der Waals surface area contributed by atoms with E-state index >= 15 is 0 Å². The van der Waals surface area contributed by atoms with Gasteiger partial charge in [0, 0.05) is 50.2 Å². The van der Waals surface area contributed by atoms with Crippen molar-refractivity contribution < 1.29 is 4.79 Å². The first kappa shape index (κ1) is 14.4. The number of amides is 2. The summed E-state index contributed by atoms with van der Waals surface area (Å²) in [5, 5.41) is 10.6. The number of para-hydroxylation sites is 1. The summed E-state index contributed by atoms with van der Waals surface area (Å²) >= 11 is 0. The van der Waals surface area contributed by atoms with Gasteiger partial charge in [-0.2, -0.15) is 5.10 Å². The third kappa shape index (κ3) is 2.90. The van der Waals surface area contributed by atoms with Crippen molar-refractivity contribution in [2.24, 2.45) is 7.05 Å². The quantitative estimate of drug-likeness (QED) is 0.886. The molecule has 1 aromatic heterocycles. The molecule has 2 N–H and O–H groups in total. The maximum atomic E-state index is 11.7. The maximum absolute atomic E-state index is 11.7. The molecule has 2 aromatic rings. The van der Waals surface area contributed by atoms with E-state index in [2.05, 4.69) is 34.8 Å². The Bertz CT molecular complexity index is 679. The van der Waals surface area contributed by atoms with E-state index in [1.807, 2.05) is 35.0 Å². The Kier molecular flexibility index (Phi) is 4.00. The Morgan fingerprint density at radius 1 is 1.32 bits per heavy atom. The zero-order valence-electron chi connectivity index (χ0n) is 13.0. The highest BCUT2D eigenvalue weighted by atomic mass is 16.2. The molecule has 0 bridgehead atoms. The Hall–Kier alpha value is -2.50. The molecule has 0 unspecified atom stereocenters. The van der Waals surface area contributed by atoms with Gasteiger partial charge in [0.2, 0.25) is 0 Å². The number of carbonyl (C=O) groups is 1. The molecule has 0 saturated carbocycles. The van der Waals surface area contributed by atoms with Crippen molar-refractivity contribution in [1.29, 1.82) is 0 Å². The molecule has 2 amide bonds. The van der Waals surface area contributed by atoms with Crippen molar-refractivity contribution in [3.63, 3.8) is 0 Å². The van der Waals surface area contributed by atoms with Crippen LogP contribution in [0.3, 0.4) is 0 Å². The molecule has 0 spiro atoms. The SMILES string of the molecule is Cc1c(CNc2ccccc2CN2CCNC2=O)cnn1C. The third-order valence-corrected chi connectivity index (χ3v) is 4.13. The number of urea groups is 1. The second-order valence-electron chi connectivity index (χ2n) is 5.54. The van der Waals surface area contributed by atoms with Gasteiger partial charge in [-0.1, -0.05) is 18.2 Å². The van der Waals surface area contributed by atoms with Gasteiger partial charge >= 0.3 is 6.03 Å². The molecule has 22 heavy (non-hydrogen) atoms. The molecular weight excluding hydrogens is 278 g/mol. The summed E-state index contributed by atoms with van der Waals surface area (Å²) in [6.45, 7) is 4.90. The molecule has 116 valence electrons. The molecule has 6 heteroatoms. The van der Waals surface area contributed by atoms with E-state index in [1.165, 1.54) is 5.56 Å². The molecule has 3 rings (SSSR count). The number of hydrogen-bond donors (Lipinski definition) is 2. The van der Waals surface area contributed by atoms with Crippen molar-refractivity contribution in [2.45, 2.75) is 20.0 Å². The van der Waals surface area contributed by atoms with Gasteiger partial charge in [0.05, 0.1) is 6.20 Å². The highest BCUT2D eigenvalue weighted by Gasteiger charge is 2.20. The number of aromatic nitrogens is 2. The zero-order valence-corrected chi connectivity index (χ0v) is 13.0. The number of hydrogen-bond acceptors (Lipinski definition) is 3. The van der Waals surface area contributed by atoms with Gasteiger partial charge in [-0.05, 0) is 18.6 Å². The van der Waals surface area contributed by atoms with E-state index in [0.717, 1.165) is 36.6 Å². The van der Waals surface area contributed by atoms with Crippen molar-refractivity contribution in [3.05, 3.63) is 47.3 Å². The number of carbonyl (C=O) groups excluding carboxylic acids is 1. The standard InChI is InChI=1S/C16H21N5O/c1-12-14(10-19-20(12)2)9-18-15-6-4-3-5-13(15)11-21-8-7-17-16(21)22/h3-6,10,18H,7-9,11H2,1-2H3,(H,17,22). The first-order valence-electron chi connectivity index (χ1n) is 7.47. The van der Waals surface area contributed by atoms with Crippen LogP contribution in [-0.4, -0.2) is 33.8 Å². The Morgan fingerprint density at radius 2 is 2.14 bits per heavy atom. The Morgan fingerprint density at radius 3 is 2.82 bits per heavy atom. The molecule has 1 aromatic carbocycles. The predicted octanol–water partition coefficient (Wildman–Crippen LogP) is 1.87. The average molecular weight is 299 g/mol. The van der Waals surface area contributed by atoms with Crippen molar-refractivity contribution >= 4 is 11.7 Å². The fourth-order valence-electron chi connectivity index (χ4n) is 2.61. The van der Waals surface area contributed by atoms with Crippen molar-refractivity contribution in [1.82, 2.24) is 20.0 Å². The van der Waals surface area contributed by atoms with Gasteiger partial charge in [-0.3, -0.25) is 4.68 Å². The summed E-state index contributed by atoms with van der Waals surface area (Å²) in [6, 6.07) is 8.13. The van der Waals surface area contributed by atoms with Crippen molar-refractivity contribution in [2.75, 3.05) is 18.4 Å². The smallest absolute Gasteiger partial charge is 0.317 e. The topological polar surface area (TPSA) is 62.2 Å². The van der Waals surface area contributed by atoms with E-state index in [9.17, 15) is 4.79 Å². The van der Waals surface area contributed by atoms with Gasteiger partial charge in [-0.15, -0.1) is 0 Å². The summed E-state index contributed by atoms with van der Waals surface area (Å²) in [5.74, 6) is 0. The summed E-state index contributed by atoms with van der Waals surface area (Å²) in [7, 11) is 1.94. The number of aryl methyl sites for hydroxylation is 1. The van der Waals surface area contributed by atoms with Crippen molar-refractivity contribution in [3.8, 4) is 0 Å². The maximum Gasteiger partial charge on any atom is 0.317 e. The van der Waals surface area contributed by atoms with E-state index < -0.39 is 0 Å². The molecule has 1 aliphatic rings. The predicted molar refractivity (Wildman–Crippen MR) is 85.5 cm³/mol. The second-order valence-corrected chi connectivity index (χ2v) is 5.54. The Labute approximate surface area is 130 Å². The molecule has 2 heterocycles. The fraction of sp³-hybridized carbons (Fsp3) is 0.375. The monoisotopic (exact) mass is 299 g/mol. The minimum absolute atomic E-state index is 0.0120. The number of nitrogens with one attached hydrogen (secondary N) is 2. The van der Waals surface area contributed by atoms with Crippen LogP contribution in [0.4, 0.5) is 10.5 Å². The van der Waals surface area contributed by atoms with Crippen LogP contribution in [0, 0.1) is 6.92 Å². The van der Waals surface area contributed by atoms with Crippen LogP contribution >= 0.6 is 0 Å². The van der Waals surface area contributed by atoms with E-state index in [-0.39, 0.29) is 6.03 Å². The van der Waals surface area contributed by atoms with E-state index in [0.29, 0.717) is 6.54 Å². The minimum atomic E-state index is 0.0120. The molecule has 0 atom stereocenters. The highest BCUT2D eigenvalue weighted by Crippen LogP contribution is 2.19. The van der Waals surface area contributed by atoms with Crippen LogP contribution in [0.2, 0.25) is 0 Å². The average Bonchev–Trinajstić information content (AvgIpc) is 3.06. The lowest BCUT2D eigenvalue weighted by Gasteiger charge is -2.17. The first-order valence-corrected chi connectivity index (χ1v) is 7.47. The summed E-state index contributed by atoms with van der Waals surface area (Å²) < 4.78 is 1.87. The van der Waals surface area contributed by atoms with Gasteiger partial charge in [-0.25, -0.2) is 4.79 Å². The first-order chi connectivity index (χ1) is 10.6. The highest BCUT2D eigenvalue weighted by molar-refractivity contribution is 5.76. The minimum Gasteiger partial charge on any atom is -0.381 e. The van der Waals surface area contributed by atoms with Crippen LogP contribution in [-0.2, 0) is 20.1 Å². The molecule has 0 aliphatic carbocycles. The molecule has 0 radical (unpaired) electrons. The lowest BCUT2D eigenvalue weighted by atomic mass is 10.1. The number of nitrogens with zero attached hydrogens (tertiary/aromatic N) is 3. The molecule has 6 nitrogen and oxygen atoms in total. The normalized spacial score (nSPS) is 14.3. The van der Waals surface area contributed by atoms with Crippen LogP contribution in [0.15, 0.2) is 30.5 Å². The van der Waals surface area contributed by atoms with E-state index in [1.54, 1.807) is 0 Å². The zero-order chi connectivity index (χ0) is 15.5. The van der Waals surface area contributed by atoms with Crippen LogP contribution in [0.25, 0.3) is 0 Å².